The zero-order chi connectivity index (χ0) is 17.4. The minimum Gasteiger partial charge on any atom is -0.352 e. The molecule has 2 aliphatic rings. The monoisotopic (exact) mass is 336 g/mol. The van der Waals surface area contributed by atoms with Gasteiger partial charge in [0.2, 0.25) is 5.43 Å². The molecule has 1 aromatic carbocycles. The van der Waals surface area contributed by atoms with Gasteiger partial charge in [0, 0.05) is 24.2 Å². The van der Waals surface area contributed by atoms with Crippen LogP contribution >= 0.6 is 0 Å². The Morgan fingerprint density at radius 1 is 1.32 bits per heavy atom. The highest BCUT2D eigenvalue weighted by Crippen LogP contribution is 2.30. The molecule has 2 aromatic rings. The minimum absolute atomic E-state index is 0.156. The highest BCUT2D eigenvalue weighted by Gasteiger charge is 2.24. The smallest absolute Gasteiger partial charge is 0.256 e. The molecule has 4 heteroatoms. The van der Waals surface area contributed by atoms with Crippen LogP contribution in [0.3, 0.4) is 0 Å². The van der Waals surface area contributed by atoms with Gasteiger partial charge in [-0.15, -0.1) is 0 Å². The first-order valence-electron chi connectivity index (χ1n) is 9.28. The SMILES string of the molecule is CC1Cc2cccc3c(=O)c(C(=O)NCCC4=CCCCC4)cn1c23. The summed E-state index contributed by atoms with van der Waals surface area (Å²) in [7, 11) is 0. The number of amides is 1. The Hall–Kier alpha value is -2.36. The van der Waals surface area contributed by atoms with Crippen LogP contribution in [0.4, 0.5) is 0 Å². The van der Waals surface area contributed by atoms with Crippen molar-refractivity contribution in [3.05, 3.63) is 57.4 Å². The van der Waals surface area contributed by atoms with Gasteiger partial charge in [-0.1, -0.05) is 23.8 Å². The van der Waals surface area contributed by atoms with Crippen LogP contribution in [0, 0.1) is 0 Å². The van der Waals surface area contributed by atoms with Crippen LogP contribution in [-0.4, -0.2) is 17.0 Å². The standard InChI is InChI=1S/C21H24N2O2/c1-14-12-16-8-5-9-17-19(16)23(14)13-18(20(17)24)21(25)22-11-10-15-6-3-2-4-7-15/h5-6,8-9,13-14H,2-4,7,10-12H2,1H3,(H,22,25). The summed E-state index contributed by atoms with van der Waals surface area (Å²) in [5, 5.41) is 3.60. The molecule has 0 saturated heterocycles. The van der Waals surface area contributed by atoms with Crippen molar-refractivity contribution in [2.45, 2.75) is 51.5 Å². The lowest BCUT2D eigenvalue weighted by Gasteiger charge is -2.14. The maximum atomic E-state index is 12.8. The second kappa shape index (κ2) is 6.51. The Balaban J connectivity index is 1.57. The lowest BCUT2D eigenvalue weighted by atomic mass is 9.97. The van der Waals surface area contributed by atoms with Gasteiger partial charge in [0.15, 0.2) is 0 Å². The summed E-state index contributed by atoms with van der Waals surface area (Å²) in [5.41, 5.74) is 3.72. The Bertz CT molecular complexity index is 923. The summed E-state index contributed by atoms with van der Waals surface area (Å²) in [6.45, 7) is 2.72. The van der Waals surface area contributed by atoms with Gasteiger partial charge in [0.25, 0.3) is 5.91 Å². The molecule has 1 unspecified atom stereocenters. The Kier molecular flexibility index (Phi) is 4.20. The molecule has 0 saturated carbocycles. The van der Waals surface area contributed by atoms with Gasteiger partial charge in [0.05, 0.1) is 5.52 Å². The number of nitrogens with zero attached hydrogens (tertiary/aromatic N) is 1. The summed E-state index contributed by atoms with van der Waals surface area (Å²) in [6, 6.07) is 6.09. The van der Waals surface area contributed by atoms with E-state index in [0.29, 0.717) is 11.9 Å². The summed E-state index contributed by atoms with van der Waals surface area (Å²) >= 11 is 0. The third-order valence-corrected chi connectivity index (χ3v) is 5.49. The van der Waals surface area contributed by atoms with E-state index in [1.165, 1.54) is 24.0 Å². The lowest BCUT2D eigenvalue weighted by Crippen LogP contribution is -2.30. The van der Waals surface area contributed by atoms with Crippen molar-refractivity contribution in [3.63, 3.8) is 0 Å². The van der Waals surface area contributed by atoms with Gasteiger partial charge in [0.1, 0.15) is 5.56 Å². The number of allylic oxidation sites excluding steroid dienone is 1. The minimum atomic E-state index is -0.253. The fourth-order valence-corrected chi connectivity index (χ4v) is 4.14. The zero-order valence-electron chi connectivity index (χ0n) is 14.7. The van der Waals surface area contributed by atoms with Crippen LogP contribution in [-0.2, 0) is 6.42 Å². The van der Waals surface area contributed by atoms with E-state index in [1.807, 2.05) is 12.1 Å². The summed E-state index contributed by atoms with van der Waals surface area (Å²) < 4.78 is 2.09. The first kappa shape index (κ1) is 16.1. The maximum Gasteiger partial charge on any atom is 0.256 e. The largest absolute Gasteiger partial charge is 0.352 e. The number of carbonyl (C=O) groups is 1. The van der Waals surface area contributed by atoms with Crippen molar-refractivity contribution in [1.82, 2.24) is 9.88 Å². The Morgan fingerprint density at radius 3 is 3.00 bits per heavy atom. The topological polar surface area (TPSA) is 51.1 Å². The van der Waals surface area contributed by atoms with Crippen LogP contribution in [0.1, 0.15) is 61.0 Å². The van der Waals surface area contributed by atoms with Gasteiger partial charge in [-0.2, -0.15) is 0 Å². The Morgan fingerprint density at radius 2 is 2.20 bits per heavy atom. The van der Waals surface area contributed by atoms with E-state index >= 15 is 0 Å². The molecule has 1 N–H and O–H groups in total. The van der Waals surface area contributed by atoms with E-state index in [-0.39, 0.29) is 22.9 Å². The van der Waals surface area contributed by atoms with E-state index in [1.54, 1.807) is 6.20 Å². The summed E-state index contributed by atoms with van der Waals surface area (Å²) in [6.07, 6.45) is 10.6. The summed E-state index contributed by atoms with van der Waals surface area (Å²) in [5.74, 6) is -0.253. The third kappa shape index (κ3) is 2.90. The highest BCUT2D eigenvalue weighted by atomic mass is 16.2. The van der Waals surface area contributed by atoms with Gasteiger partial charge in [-0.3, -0.25) is 9.59 Å². The van der Waals surface area contributed by atoms with E-state index in [2.05, 4.69) is 29.0 Å². The van der Waals surface area contributed by atoms with E-state index in [4.69, 9.17) is 0 Å². The molecule has 1 aliphatic heterocycles. The number of para-hydroxylation sites is 1. The van der Waals surface area contributed by atoms with Crippen LogP contribution in [0.25, 0.3) is 10.9 Å². The van der Waals surface area contributed by atoms with Crippen molar-refractivity contribution < 1.29 is 4.79 Å². The molecule has 4 rings (SSSR count). The van der Waals surface area contributed by atoms with Crippen molar-refractivity contribution in [3.8, 4) is 0 Å². The molecular weight excluding hydrogens is 312 g/mol. The van der Waals surface area contributed by atoms with Crippen LogP contribution in [0.15, 0.2) is 40.8 Å². The molecule has 1 atom stereocenters. The van der Waals surface area contributed by atoms with Crippen LogP contribution < -0.4 is 10.7 Å². The number of aromatic nitrogens is 1. The molecule has 1 aromatic heterocycles. The van der Waals surface area contributed by atoms with Gasteiger partial charge in [-0.05, 0) is 57.1 Å². The lowest BCUT2D eigenvalue weighted by molar-refractivity contribution is 0.0952. The maximum absolute atomic E-state index is 12.8. The first-order valence-corrected chi connectivity index (χ1v) is 9.28. The fourth-order valence-electron chi connectivity index (χ4n) is 4.14. The second-order valence-electron chi connectivity index (χ2n) is 7.26. The number of hydrogen-bond acceptors (Lipinski definition) is 2. The van der Waals surface area contributed by atoms with Gasteiger partial charge in [-0.25, -0.2) is 0 Å². The average molecular weight is 336 g/mol. The second-order valence-corrected chi connectivity index (χ2v) is 7.26. The predicted molar refractivity (Wildman–Crippen MR) is 100 cm³/mol. The fraction of sp³-hybridized carbons (Fsp3) is 0.429. The number of carbonyl (C=O) groups excluding carboxylic acids is 1. The molecule has 130 valence electrons. The van der Waals surface area contributed by atoms with E-state index in [0.717, 1.165) is 31.2 Å². The van der Waals surface area contributed by atoms with Crippen molar-refractivity contribution >= 4 is 16.8 Å². The van der Waals surface area contributed by atoms with Crippen LogP contribution in [0.5, 0.6) is 0 Å². The molecule has 0 fully saturated rings. The van der Waals surface area contributed by atoms with Crippen molar-refractivity contribution in [2.24, 2.45) is 0 Å². The number of rotatable bonds is 4. The van der Waals surface area contributed by atoms with E-state index in [9.17, 15) is 9.59 Å². The average Bonchev–Trinajstić information content (AvgIpc) is 2.95. The highest BCUT2D eigenvalue weighted by molar-refractivity contribution is 5.98. The van der Waals surface area contributed by atoms with Gasteiger partial charge < -0.3 is 9.88 Å². The molecule has 0 spiro atoms. The zero-order valence-corrected chi connectivity index (χ0v) is 14.7. The molecule has 4 nitrogen and oxygen atoms in total. The number of benzene rings is 1. The number of hydrogen-bond donors (Lipinski definition) is 1. The molecule has 1 amide bonds. The van der Waals surface area contributed by atoms with Crippen molar-refractivity contribution in [2.75, 3.05) is 6.54 Å². The quantitative estimate of drug-likeness (QED) is 0.865. The molecule has 0 radical (unpaired) electrons. The molecule has 1 aliphatic carbocycles. The van der Waals surface area contributed by atoms with E-state index < -0.39 is 0 Å². The predicted octanol–water partition coefficient (Wildman–Crippen LogP) is 3.74. The number of pyridine rings is 1. The van der Waals surface area contributed by atoms with Gasteiger partial charge >= 0.3 is 0 Å². The first-order chi connectivity index (χ1) is 12.1. The normalized spacial score (nSPS) is 19.1. The third-order valence-electron chi connectivity index (χ3n) is 5.49. The molecular formula is C21H24N2O2. The number of nitrogens with one attached hydrogen (secondary N) is 1. The molecule has 2 heterocycles. The molecule has 25 heavy (non-hydrogen) atoms. The Labute approximate surface area is 147 Å². The van der Waals surface area contributed by atoms with Crippen LogP contribution in [0.2, 0.25) is 0 Å². The summed E-state index contributed by atoms with van der Waals surface area (Å²) in [4.78, 5) is 25.4. The van der Waals surface area contributed by atoms with Crippen molar-refractivity contribution in [1.29, 1.82) is 0 Å². The molecule has 0 bridgehead atoms.